The van der Waals surface area contributed by atoms with Crippen molar-refractivity contribution in [2.24, 2.45) is 17.1 Å². The van der Waals surface area contributed by atoms with Crippen LogP contribution in [0.4, 0.5) is 0 Å². The molecule has 1 heterocycles. The quantitative estimate of drug-likeness (QED) is 0.777. The lowest BCUT2D eigenvalue weighted by molar-refractivity contribution is -0.0153. The molecule has 2 unspecified atom stereocenters. The Morgan fingerprint density at radius 1 is 1.12 bits per heavy atom. The van der Waals surface area contributed by atoms with E-state index in [-0.39, 0.29) is 37.0 Å². The lowest BCUT2D eigenvalue weighted by atomic mass is 9.63. The predicted octanol–water partition coefficient (Wildman–Crippen LogP) is 3.33. The smallest absolute Gasteiger partial charge is 0.0620 e. The lowest BCUT2D eigenvalue weighted by Crippen LogP contribution is -2.48. The molecule has 0 aromatic carbocycles. The van der Waals surface area contributed by atoms with Crippen LogP contribution in [0.5, 0.6) is 0 Å². The lowest BCUT2D eigenvalue weighted by Gasteiger charge is -2.45. The van der Waals surface area contributed by atoms with E-state index in [0.717, 1.165) is 13.2 Å². The van der Waals surface area contributed by atoms with Crippen LogP contribution in [0.3, 0.4) is 0 Å². The first-order valence-electron chi connectivity index (χ1n) is 6.06. The third-order valence-corrected chi connectivity index (χ3v) is 4.29. The molecule has 17 heavy (non-hydrogen) atoms. The molecule has 2 fully saturated rings. The van der Waals surface area contributed by atoms with Crippen LogP contribution in [0.1, 0.15) is 45.4 Å². The molecule has 5 N–H and O–H groups in total. The molecule has 0 spiro atoms. The van der Waals surface area contributed by atoms with Gasteiger partial charge >= 0.3 is 0 Å². The van der Waals surface area contributed by atoms with Gasteiger partial charge in [-0.05, 0) is 30.6 Å². The van der Waals surface area contributed by atoms with Crippen molar-refractivity contribution in [3.05, 3.63) is 0 Å². The molecule has 1 saturated heterocycles. The number of ether oxygens (including phenoxy) is 1. The molecular weight excluding hydrogens is 259 g/mol. The first kappa shape index (κ1) is 19.8. The topological polar surface area (TPSA) is 70.2 Å². The number of hydrogen-bond acceptors (Lipinski definition) is 3. The Morgan fingerprint density at radius 2 is 1.71 bits per heavy atom. The van der Waals surface area contributed by atoms with Gasteiger partial charge in [0.15, 0.2) is 0 Å². The summed E-state index contributed by atoms with van der Waals surface area (Å²) in [6, 6.07) is 0.284. The highest BCUT2D eigenvalue weighted by Gasteiger charge is 2.39. The maximum atomic E-state index is 6.17. The van der Waals surface area contributed by atoms with Gasteiger partial charge in [-0.2, -0.15) is 0 Å². The summed E-state index contributed by atoms with van der Waals surface area (Å²) in [5.41, 5.74) is 6.69. The Hall–Kier alpha value is 0.460. The average molecular weight is 287 g/mol. The fourth-order valence-corrected chi connectivity index (χ4v) is 3.36. The number of hydrogen-bond donors (Lipinski definition) is 2. The van der Waals surface area contributed by atoms with E-state index in [4.69, 9.17) is 10.5 Å². The molecular formula is C12H28Cl2N2O. The Balaban J connectivity index is 0. The molecule has 1 aliphatic heterocycles. The maximum absolute atomic E-state index is 6.17. The molecule has 2 aliphatic rings. The number of nitrogens with two attached hydrogens (primary N) is 1. The van der Waals surface area contributed by atoms with Gasteiger partial charge < -0.3 is 16.6 Å². The van der Waals surface area contributed by atoms with Crippen molar-refractivity contribution in [1.29, 1.82) is 0 Å². The molecule has 0 aromatic rings. The number of halogens is 2. The highest BCUT2D eigenvalue weighted by molar-refractivity contribution is 5.85. The molecule has 2 rings (SSSR count). The molecule has 106 valence electrons. The summed E-state index contributed by atoms with van der Waals surface area (Å²) in [6.07, 6.45) is 8.17. The van der Waals surface area contributed by atoms with E-state index in [2.05, 4.69) is 6.92 Å². The van der Waals surface area contributed by atoms with E-state index in [1.165, 1.54) is 38.5 Å². The SMILES string of the molecule is CC1(C2CCOCC2N)CCCCC1.Cl.Cl.N. The monoisotopic (exact) mass is 286 g/mol. The zero-order chi connectivity index (χ0) is 10.0. The molecule has 1 saturated carbocycles. The third-order valence-electron chi connectivity index (χ3n) is 4.29. The van der Waals surface area contributed by atoms with Crippen LogP contribution < -0.4 is 11.9 Å². The van der Waals surface area contributed by atoms with Crippen LogP contribution in [0.25, 0.3) is 0 Å². The second kappa shape index (κ2) is 8.54. The van der Waals surface area contributed by atoms with Crippen LogP contribution in [0.15, 0.2) is 0 Å². The largest absolute Gasteiger partial charge is 0.380 e. The van der Waals surface area contributed by atoms with E-state index in [9.17, 15) is 0 Å². The van der Waals surface area contributed by atoms with E-state index in [1.807, 2.05) is 0 Å². The third kappa shape index (κ3) is 4.56. The van der Waals surface area contributed by atoms with Crippen molar-refractivity contribution in [2.75, 3.05) is 13.2 Å². The standard InChI is InChI=1S/C12H23NO.2ClH.H3N/c1-12(6-3-2-4-7-12)10-5-8-14-9-11(10)13;;;/h10-11H,2-9,13H2,1H3;2*1H;1H3. The van der Waals surface area contributed by atoms with Crippen LogP contribution in [-0.4, -0.2) is 19.3 Å². The molecule has 5 heteroatoms. The van der Waals surface area contributed by atoms with Crippen molar-refractivity contribution in [1.82, 2.24) is 6.15 Å². The molecule has 0 amide bonds. The average Bonchev–Trinajstić information content (AvgIpc) is 2.19. The molecule has 3 nitrogen and oxygen atoms in total. The summed E-state index contributed by atoms with van der Waals surface area (Å²) in [6.45, 7) is 4.15. The normalized spacial score (nSPS) is 31.4. The van der Waals surface area contributed by atoms with E-state index in [1.54, 1.807) is 0 Å². The number of rotatable bonds is 1. The Labute approximate surface area is 118 Å². The second-order valence-electron chi connectivity index (χ2n) is 5.35. The van der Waals surface area contributed by atoms with Gasteiger partial charge in [-0.1, -0.05) is 26.2 Å². The molecule has 2 atom stereocenters. The molecule has 0 radical (unpaired) electrons. The summed E-state index contributed by atoms with van der Waals surface area (Å²) in [5, 5.41) is 0. The summed E-state index contributed by atoms with van der Waals surface area (Å²) < 4.78 is 5.42. The minimum Gasteiger partial charge on any atom is -0.380 e. The Bertz CT molecular complexity index is 199. The van der Waals surface area contributed by atoms with Crippen molar-refractivity contribution >= 4 is 24.8 Å². The summed E-state index contributed by atoms with van der Waals surface area (Å²) in [7, 11) is 0. The zero-order valence-corrected chi connectivity index (χ0v) is 12.5. The van der Waals surface area contributed by atoms with Crippen molar-refractivity contribution < 1.29 is 4.74 Å². The van der Waals surface area contributed by atoms with Crippen LogP contribution >= 0.6 is 24.8 Å². The predicted molar refractivity (Wildman–Crippen MR) is 77.6 cm³/mol. The van der Waals surface area contributed by atoms with Gasteiger partial charge in [0.05, 0.1) is 6.61 Å². The highest BCUT2D eigenvalue weighted by atomic mass is 35.5. The summed E-state index contributed by atoms with van der Waals surface area (Å²) in [5.74, 6) is 0.705. The van der Waals surface area contributed by atoms with Crippen molar-refractivity contribution in [2.45, 2.75) is 51.5 Å². The first-order valence-corrected chi connectivity index (χ1v) is 6.06. The Kier molecular flexibility index (Phi) is 9.95. The maximum Gasteiger partial charge on any atom is 0.0620 e. The fraction of sp³-hybridized carbons (Fsp3) is 1.00. The van der Waals surface area contributed by atoms with Gasteiger partial charge in [0.2, 0.25) is 0 Å². The second-order valence-corrected chi connectivity index (χ2v) is 5.35. The molecule has 1 aliphatic carbocycles. The summed E-state index contributed by atoms with van der Waals surface area (Å²) in [4.78, 5) is 0. The molecule has 0 bridgehead atoms. The molecule has 0 aromatic heterocycles. The van der Waals surface area contributed by atoms with Gasteiger partial charge in [-0.25, -0.2) is 0 Å². The summed E-state index contributed by atoms with van der Waals surface area (Å²) >= 11 is 0. The van der Waals surface area contributed by atoms with Gasteiger partial charge in [0.25, 0.3) is 0 Å². The van der Waals surface area contributed by atoms with Gasteiger partial charge in [-0.15, -0.1) is 24.8 Å². The van der Waals surface area contributed by atoms with E-state index >= 15 is 0 Å². The minimum absolute atomic E-state index is 0. The van der Waals surface area contributed by atoms with E-state index < -0.39 is 0 Å². The van der Waals surface area contributed by atoms with Crippen molar-refractivity contribution in [3.63, 3.8) is 0 Å². The highest BCUT2D eigenvalue weighted by Crippen LogP contribution is 2.45. The Morgan fingerprint density at radius 3 is 2.24 bits per heavy atom. The van der Waals surface area contributed by atoms with Crippen LogP contribution in [0, 0.1) is 11.3 Å². The van der Waals surface area contributed by atoms with Gasteiger partial charge in [-0.3, -0.25) is 0 Å². The van der Waals surface area contributed by atoms with Crippen LogP contribution in [-0.2, 0) is 4.74 Å². The first-order chi connectivity index (χ1) is 6.72. The van der Waals surface area contributed by atoms with Crippen LogP contribution in [0.2, 0.25) is 0 Å². The van der Waals surface area contributed by atoms with Crippen molar-refractivity contribution in [3.8, 4) is 0 Å². The zero-order valence-electron chi connectivity index (χ0n) is 10.8. The van der Waals surface area contributed by atoms with Gasteiger partial charge in [0.1, 0.15) is 0 Å². The van der Waals surface area contributed by atoms with E-state index in [0.29, 0.717) is 11.3 Å². The minimum atomic E-state index is 0. The fourth-order valence-electron chi connectivity index (χ4n) is 3.36. The van der Waals surface area contributed by atoms with Gasteiger partial charge in [0, 0.05) is 12.6 Å².